The molecule has 3 aromatic heterocycles. The molecule has 5 rings (SSSR count). The van der Waals surface area contributed by atoms with Gasteiger partial charge in [-0.05, 0) is 48.9 Å². The van der Waals surface area contributed by atoms with Gasteiger partial charge in [0.1, 0.15) is 11.2 Å². The third-order valence-electron chi connectivity index (χ3n) is 5.27. The lowest BCUT2D eigenvalue weighted by Crippen LogP contribution is -2.09. The van der Waals surface area contributed by atoms with Crippen molar-refractivity contribution >= 4 is 27.2 Å². The number of aromatic nitrogens is 4. The van der Waals surface area contributed by atoms with E-state index in [1.807, 2.05) is 18.2 Å². The van der Waals surface area contributed by atoms with Gasteiger partial charge in [0.25, 0.3) is 0 Å². The van der Waals surface area contributed by atoms with Crippen LogP contribution in [0.2, 0.25) is 0 Å². The Morgan fingerprint density at radius 3 is 2.85 bits per heavy atom. The summed E-state index contributed by atoms with van der Waals surface area (Å²) in [6.45, 7) is 2.32. The smallest absolute Gasteiger partial charge is 0.182 e. The van der Waals surface area contributed by atoms with Crippen molar-refractivity contribution in [2.24, 2.45) is 5.92 Å². The predicted octanol–water partition coefficient (Wildman–Crippen LogP) is 4.15. The Morgan fingerprint density at radius 1 is 1.19 bits per heavy atom. The Morgan fingerprint density at radius 2 is 2.04 bits per heavy atom. The number of rotatable bonds is 3. The highest BCUT2D eigenvalue weighted by Gasteiger charge is 2.24. The third kappa shape index (κ3) is 2.56. The van der Waals surface area contributed by atoms with Crippen molar-refractivity contribution in [2.75, 3.05) is 14.2 Å². The summed E-state index contributed by atoms with van der Waals surface area (Å²) in [7, 11) is 3.26. The molecule has 1 aromatic carbocycles. The highest BCUT2D eigenvalue weighted by Crippen LogP contribution is 2.39. The normalized spacial score (nSPS) is 16.6. The van der Waals surface area contributed by atoms with Crippen LogP contribution in [0.5, 0.6) is 11.5 Å². The zero-order valence-corrected chi connectivity index (χ0v) is 16.3. The zero-order chi connectivity index (χ0) is 18.5. The molecular weight excluding hydrogens is 360 g/mol. The largest absolute Gasteiger partial charge is 0.493 e. The molecule has 0 fully saturated rings. The predicted molar refractivity (Wildman–Crippen MR) is 106 cm³/mol. The van der Waals surface area contributed by atoms with Crippen LogP contribution in [0.4, 0.5) is 0 Å². The van der Waals surface area contributed by atoms with Crippen molar-refractivity contribution in [3.63, 3.8) is 0 Å². The van der Waals surface area contributed by atoms with Crippen LogP contribution in [0.25, 0.3) is 27.3 Å². The molecule has 0 saturated heterocycles. The quantitative estimate of drug-likeness (QED) is 0.534. The van der Waals surface area contributed by atoms with E-state index < -0.39 is 0 Å². The molecule has 138 valence electrons. The minimum Gasteiger partial charge on any atom is -0.493 e. The fraction of sp³-hybridized carbons (Fsp3) is 0.350. The number of hydrogen-bond acceptors (Lipinski definition) is 6. The molecule has 4 aromatic rings. The van der Waals surface area contributed by atoms with Gasteiger partial charge in [-0.15, -0.1) is 16.4 Å². The molecule has 0 bridgehead atoms. The van der Waals surface area contributed by atoms with E-state index in [1.165, 1.54) is 22.2 Å². The fourth-order valence-corrected chi connectivity index (χ4v) is 5.02. The molecule has 6 nitrogen and oxygen atoms in total. The number of nitrogens with zero attached hydrogens (tertiary/aromatic N) is 4. The van der Waals surface area contributed by atoms with E-state index >= 15 is 0 Å². The average Bonchev–Trinajstić information content (AvgIpc) is 3.28. The van der Waals surface area contributed by atoms with E-state index in [9.17, 15) is 0 Å². The zero-order valence-electron chi connectivity index (χ0n) is 15.5. The Kier molecular flexibility index (Phi) is 3.79. The molecule has 0 saturated carbocycles. The summed E-state index contributed by atoms with van der Waals surface area (Å²) in [6.07, 6.45) is 5.25. The maximum absolute atomic E-state index is 5.42. The minimum absolute atomic E-state index is 0.661. The number of hydrogen-bond donors (Lipinski definition) is 0. The first kappa shape index (κ1) is 16.5. The van der Waals surface area contributed by atoms with Crippen molar-refractivity contribution in [3.05, 3.63) is 35.0 Å². The minimum atomic E-state index is 0.661. The van der Waals surface area contributed by atoms with Crippen molar-refractivity contribution in [2.45, 2.75) is 26.2 Å². The van der Waals surface area contributed by atoms with Gasteiger partial charge in [0, 0.05) is 10.4 Å². The first-order valence-corrected chi connectivity index (χ1v) is 9.87. The summed E-state index contributed by atoms with van der Waals surface area (Å²) < 4.78 is 12.5. The molecule has 1 aliphatic rings. The highest BCUT2D eigenvalue weighted by molar-refractivity contribution is 7.19. The molecule has 0 N–H and O–H groups in total. The topological polar surface area (TPSA) is 61.5 Å². The Balaban J connectivity index is 1.70. The van der Waals surface area contributed by atoms with Crippen molar-refractivity contribution in [1.82, 2.24) is 19.6 Å². The number of ether oxygens (including phenoxy) is 2. The first-order chi connectivity index (χ1) is 13.2. The van der Waals surface area contributed by atoms with Gasteiger partial charge in [-0.3, -0.25) is 0 Å². The van der Waals surface area contributed by atoms with Crippen LogP contribution in [0.3, 0.4) is 0 Å². The molecule has 0 spiro atoms. The summed E-state index contributed by atoms with van der Waals surface area (Å²) in [5.74, 6) is 2.71. The van der Waals surface area contributed by atoms with Gasteiger partial charge in [0.05, 0.1) is 19.6 Å². The summed E-state index contributed by atoms with van der Waals surface area (Å²) in [5, 5.41) is 5.83. The SMILES string of the molecule is COc1ccc(-c2nc3c4c5c(sc4ncn3n2)CCC(C)C5)cc1OC. The summed E-state index contributed by atoms with van der Waals surface area (Å²) >= 11 is 1.80. The van der Waals surface area contributed by atoms with Crippen molar-refractivity contribution in [1.29, 1.82) is 0 Å². The monoisotopic (exact) mass is 380 g/mol. The molecule has 0 radical (unpaired) electrons. The molecule has 27 heavy (non-hydrogen) atoms. The Labute approximate surface area is 160 Å². The maximum Gasteiger partial charge on any atom is 0.182 e. The molecule has 3 heterocycles. The summed E-state index contributed by atoms with van der Waals surface area (Å²) in [4.78, 5) is 12.0. The van der Waals surface area contributed by atoms with E-state index in [4.69, 9.17) is 14.5 Å². The van der Waals surface area contributed by atoms with Crippen LogP contribution < -0.4 is 9.47 Å². The number of aryl methyl sites for hydroxylation is 1. The van der Waals surface area contributed by atoms with Crippen LogP contribution in [0.1, 0.15) is 23.8 Å². The molecule has 7 heteroatoms. The Bertz CT molecular complexity index is 1160. The highest BCUT2D eigenvalue weighted by atomic mass is 32.1. The lowest BCUT2D eigenvalue weighted by molar-refractivity contribution is 0.355. The van der Waals surface area contributed by atoms with Crippen molar-refractivity contribution in [3.8, 4) is 22.9 Å². The van der Waals surface area contributed by atoms with E-state index in [-0.39, 0.29) is 0 Å². The van der Waals surface area contributed by atoms with Crippen molar-refractivity contribution < 1.29 is 9.47 Å². The molecule has 1 unspecified atom stereocenters. The van der Waals surface area contributed by atoms with Crippen LogP contribution in [-0.2, 0) is 12.8 Å². The van der Waals surface area contributed by atoms with Gasteiger partial charge >= 0.3 is 0 Å². The molecular formula is C20H20N4O2S. The van der Waals surface area contributed by atoms with Crippen LogP contribution in [0.15, 0.2) is 24.5 Å². The van der Waals surface area contributed by atoms with Crippen LogP contribution in [-0.4, -0.2) is 33.8 Å². The number of thiophene rings is 1. The van der Waals surface area contributed by atoms with Gasteiger partial charge in [-0.2, -0.15) is 0 Å². The van der Waals surface area contributed by atoms with Gasteiger partial charge in [0.2, 0.25) is 0 Å². The molecule has 0 amide bonds. The fourth-order valence-electron chi connectivity index (χ4n) is 3.84. The summed E-state index contributed by atoms with van der Waals surface area (Å²) in [6, 6.07) is 5.73. The lowest BCUT2D eigenvalue weighted by atomic mass is 9.89. The second-order valence-corrected chi connectivity index (χ2v) is 8.13. The second kappa shape index (κ2) is 6.20. The third-order valence-corrected chi connectivity index (χ3v) is 6.47. The number of fused-ring (bicyclic) bond motifs is 5. The first-order valence-electron chi connectivity index (χ1n) is 9.06. The van der Waals surface area contributed by atoms with E-state index in [1.54, 1.807) is 36.4 Å². The Hall–Kier alpha value is -2.67. The molecule has 1 atom stereocenters. The number of methoxy groups -OCH3 is 2. The van der Waals surface area contributed by atoms with Gasteiger partial charge in [0.15, 0.2) is 23.0 Å². The van der Waals surface area contributed by atoms with Crippen LogP contribution >= 0.6 is 11.3 Å². The van der Waals surface area contributed by atoms with Crippen LogP contribution in [0, 0.1) is 5.92 Å². The standard InChI is InChI=1S/C20H20N4O2S/c1-11-4-7-16-13(8-11)17-19-22-18(23-24(19)10-21-20(17)27-16)12-5-6-14(25-2)15(9-12)26-3/h5-6,9-11H,4,7-8H2,1-3H3. The second-order valence-electron chi connectivity index (χ2n) is 7.05. The lowest BCUT2D eigenvalue weighted by Gasteiger charge is -2.17. The average molecular weight is 380 g/mol. The van der Waals surface area contributed by atoms with Gasteiger partial charge in [-0.25, -0.2) is 14.5 Å². The van der Waals surface area contributed by atoms with E-state index in [0.29, 0.717) is 23.2 Å². The van der Waals surface area contributed by atoms with E-state index in [2.05, 4.69) is 17.0 Å². The van der Waals surface area contributed by atoms with Gasteiger partial charge < -0.3 is 9.47 Å². The van der Waals surface area contributed by atoms with Gasteiger partial charge in [-0.1, -0.05) is 6.92 Å². The van der Waals surface area contributed by atoms with E-state index in [0.717, 1.165) is 28.9 Å². The number of benzene rings is 1. The summed E-state index contributed by atoms with van der Waals surface area (Å²) in [5.41, 5.74) is 3.19. The molecule has 1 aliphatic carbocycles. The molecule has 0 aliphatic heterocycles. The maximum atomic E-state index is 5.42.